The molecule has 5 heteroatoms. The van der Waals surface area contributed by atoms with E-state index in [1.807, 2.05) is 27.7 Å². The van der Waals surface area contributed by atoms with Crippen molar-refractivity contribution in [2.75, 3.05) is 6.54 Å². The maximum absolute atomic E-state index is 13.1. The Balaban J connectivity index is 1.64. The second kappa shape index (κ2) is 5.71. The first kappa shape index (κ1) is 15.6. The molecule has 0 radical (unpaired) electrons. The smallest absolute Gasteiger partial charge is 0.254 e. The monoisotopic (exact) mass is 364 g/mol. The molecule has 3 aromatic rings. The lowest BCUT2D eigenvalue weighted by Gasteiger charge is -2.39. The molecular weight excluding hydrogens is 348 g/mol. The number of benzene rings is 2. The number of halogens is 1. The Labute approximate surface area is 156 Å². The van der Waals surface area contributed by atoms with Crippen LogP contribution in [-0.4, -0.2) is 27.8 Å². The van der Waals surface area contributed by atoms with E-state index in [2.05, 4.69) is 6.07 Å². The molecule has 1 amide bonds. The van der Waals surface area contributed by atoms with E-state index < -0.39 is 0 Å². The van der Waals surface area contributed by atoms with E-state index >= 15 is 0 Å². The SMILES string of the molecule is O=C(c1ccc(Cl)cc1)N1CCc2c3n(c4ccccc24)C(=O)CCC31. The zero-order valence-electron chi connectivity index (χ0n) is 14.1. The molecule has 0 fully saturated rings. The fourth-order valence-corrected chi connectivity index (χ4v) is 4.54. The van der Waals surface area contributed by atoms with Gasteiger partial charge in [-0.1, -0.05) is 29.8 Å². The first-order valence-corrected chi connectivity index (χ1v) is 9.25. The van der Waals surface area contributed by atoms with Gasteiger partial charge in [-0.15, -0.1) is 0 Å². The number of hydrogen-bond donors (Lipinski definition) is 0. The van der Waals surface area contributed by atoms with Gasteiger partial charge in [0, 0.05) is 28.9 Å². The predicted molar refractivity (Wildman–Crippen MR) is 101 cm³/mol. The summed E-state index contributed by atoms with van der Waals surface area (Å²) in [7, 11) is 0. The van der Waals surface area contributed by atoms with Crippen LogP contribution >= 0.6 is 11.6 Å². The summed E-state index contributed by atoms with van der Waals surface area (Å²) < 4.78 is 1.85. The Kier molecular flexibility index (Phi) is 3.44. The maximum Gasteiger partial charge on any atom is 0.254 e. The van der Waals surface area contributed by atoms with E-state index in [4.69, 9.17) is 11.6 Å². The van der Waals surface area contributed by atoms with E-state index in [1.54, 1.807) is 24.3 Å². The van der Waals surface area contributed by atoms with Crippen molar-refractivity contribution in [1.29, 1.82) is 0 Å². The van der Waals surface area contributed by atoms with Crippen LogP contribution in [0.1, 0.15) is 45.3 Å². The highest BCUT2D eigenvalue weighted by Crippen LogP contribution is 2.42. The molecular formula is C21H17ClN2O2. The van der Waals surface area contributed by atoms with Gasteiger partial charge in [-0.25, -0.2) is 0 Å². The Morgan fingerprint density at radius 1 is 1.04 bits per heavy atom. The van der Waals surface area contributed by atoms with Crippen molar-refractivity contribution < 1.29 is 9.59 Å². The topological polar surface area (TPSA) is 42.3 Å². The summed E-state index contributed by atoms with van der Waals surface area (Å²) >= 11 is 5.95. The Hall–Kier alpha value is -2.59. The van der Waals surface area contributed by atoms with Crippen molar-refractivity contribution in [2.45, 2.75) is 25.3 Å². The molecule has 3 heterocycles. The quantitative estimate of drug-likeness (QED) is 0.639. The minimum absolute atomic E-state index is 0.00321. The summed E-state index contributed by atoms with van der Waals surface area (Å²) in [5, 5.41) is 1.76. The summed E-state index contributed by atoms with van der Waals surface area (Å²) in [4.78, 5) is 27.7. The van der Waals surface area contributed by atoms with Crippen molar-refractivity contribution >= 4 is 34.3 Å². The van der Waals surface area contributed by atoms with Gasteiger partial charge in [-0.3, -0.25) is 14.2 Å². The van der Waals surface area contributed by atoms with E-state index in [9.17, 15) is 9.59 Å². The molecule has 0 N–H and O–H groups in total. The van der Waals surface area contributed by atoms with Gasteiger partial charge in [0.2, 0.25) is 5.91 Å². The van der Waals surface area contributed by atoms with Crippen LogP contribution in [0.25, 0.3) is 10.9 Å². The lowest BCUT2D eigenvalue weighted by Crippen LogP contribution is -2.43. The summed E-state index contributed by atoms with van der Waals surface area (Å²) in [6.07, 6.45) is 1.91. The van der Waals surface area contributed by atoms with Gasteiger partial charge in [0.25, 0.3) is 5.91 Å². The molecule has 0 bridgehead atoms. The molecule has 0 saturated carbocycles. The molecule has 2 aliphatic rings. The number of carbonyl (C=O) groups excluding carboxylic acids is 2. The predicted octanol–water partition coefficient (Wildman–Crippen LogP) is 4.47. The largest absolute Gasteiger partial charge is 0.330 e. The van der Waals surface area contributed by atoms with Gasteiger partial charge < -0.3 is 4.90 Å². The van der Waals surface area contributed by atoms with Crippen molar-refractivity contribution in [3.8, 4) is 0 Å². The van der Waals surface area contributed by atoms with E-state index in [0.717, 1.165) is 23.0 Å². The van der Waals surface area contributed by atoms with Crippen LogP contribution in [0.4, 0.5) is 0 Å². The molecule has 4 nitrogen and oxygen atoms in total. The van der Waals surface area contributed by atoms with Gasteiger partial charge in [-0.2, -0.15) is 0 Å². The zero-order chi connectivity index (χ0) is 17.8. The van der Waals surface area contributed by atoms with Gasteiger partial charge in [0.1, 0.15) is 0 Å². The third kappa shape index (κ3) is 2.15. The highest BCUT2D eigenvalue weighted by molar-refractivity contribution is 6.30. The Morgan fingerprint density at radius 3 is 2.62 bits per heavy atom. The molecule has 26 heavy (non-hydrogen) atoms. The van der Waals surface area contributed by atoms with Crippen LogP contribution < -0.4 is 0 Å². The van der Waals surface area contributed by atoms with Crippen LogP contribution in [-0.2, 0) is 6.42 Å². The Morgan fingerprint density at radius 2 is 1.81 bits per heavy atom. The first-order valence-electron chi connectivity index (χ1n) is 8.87. The van der Waals surface area contributed by atoms with Gasteiger partial charge >= 0.3 is 0 Å². The number of fused-ring (bicyclic) bond motifs is 3. The van der Waals surface area contributed by atoms with E-state index in [0.29, 0.717) is 30.0 Å². The van der Waals surface area contributed by atoms with E-state index in [1.165, 1.54) is 5.56 Å². The Bertz CT molecular complexity index is 1050. The zero-order valence-corrected chi connectivity index (χ0v) is 14.9. The second-order valence-electron chi connectivity index (χ2n) is 6.92. The van der Waals surface area contributed by atoms with Gasteiger partial charge in [-0.05, 0) is 48.7 Å². The minimum Gasteiger partial charge on any atom is -0.330 e. The summed E-state index contributed by atoms with van der Waals surface area (Å²) in [6, 6.07) is 15.0. The summed E-state index contributed by atoms with van der Waals surface area (Å²) in [6.45, 7) is 0.668. The number of carbonyl (C=O) groups is 2. The van der Waals surface area contributed by atoms with Gasteiger partial charge in [0.05, 0.1) is 17.3 Å². The number of rotatable bonds is 1. The minimum atomic E-state index is -0.0490. The van der Waals surface area contributed by atoms with Crippen molar-refractivity contribution in [3.63, 3.8) is 0 Å². The van der Waals surface area contributed by atoms with Crippen molar-refractivity contribution in [1.82, 2.24) is 9.47 Å². The fourth-order valence-electron chi connectivity index (χ4n) is 4.41. The lowest BCUT2D eigenvalue weighted by atomic mass is 9.91. The molecule has 5 rings (SSSR count). The van der Waals surface area contributed by atoms with Crippen molar-refractivity contribution in [2.24, 2.45) is 0 Å². The second-order valence-corrected chi connectivity index (χ2v) is 7.36. The molecule has 1 unspecified atom stereocenters. The molecule has 0 spiro atoms. The maximum atomic E-state index is 13.1. The lowest BCUT2D eigenvalue weighted by molar-refractivity contribution is 0.0593. The van der Waals surface area contributed by atoms with Crippen LogP contribution in [0.2, 0.25) is 5.02 Å². The highest BCUT2D eigenvalue weighted by Gasteiger charge is 2.39. The number of para-hydroxylation sites is 1. The molecule has 0 saturated heterocycles. The van der Waals surface area contributed by atoms with E-state index in [-0.39, 0.29) is 17.9 Å². The van der Waals surface area contributed by atoms with Crippen LogP contribution in [0, 0.1) is 0 Å². The molecule has 2 aliphatic heterocycles. The van der Waals surface area contributed by atoms with Crippen LogP contribution in [0.3, 0.4) is 0 Å². The van der Waals surface area contributed by atoms with Crippen LogP contribution in [0.5, 0.6) is 0 Å². The van der Waals surface area contributed by atoms with Crippen molar-refractivity contribution in [3.05, 3.63) is 70.4 Å². The summed E-state index contributed by atoms with van der Waals surface area (Å²) in [5.74, 6) is 0.128. The third-order valence-electron chi connectivity index (χ3n) is 5.55. The fraction of sp³-hybridized carbons (Fsp3) is 0.238. The number of hydrogen-bond acceptors (Lipinski definition) is 2. The average molecular weight is 365 g/mol. The number of nitrogens with zero attached hydrogens (tertiary/aromatic N) is 2. The standard InChI is InChI=1S/C21H17ClN2O2/c22-14-7-5-13(6-8-14)21(26)23-12-11-16-15-3-1-2-4-17(15)24-19(25)10-9-18(23)20(16)24/h1-8,18H,9-12H2. The molecule has 2 aromatic carbocycles. The third-order valence-corrected chi connectivity index (χ3v) is 5.80. The molecule has 1 atom stereocenters. The normalized spacial score (nSPS) is 18.9. The molecule has 0 aliphatic carbocycles. The number of aromatic nitrogens is 1. The summed E-state index contributed by atoms with van der Waals surface area (Å²) in [5.41, 5.74) is 3.83. The average Bonchev–Trinajstić information content (AvgIpc) is 3.01. The number of amides is 1. The first-order chi connectivity index (χ1) is 12.6. The molecule has 1 aromatic heterocycles. The highest BCUT2D eigenvalue weighted by atomic mass is 35.5. The molecule has 130 valence electrons. The van der Waals surface area contributed by atoms with Crippen LogP contribution in [0.15, 0.2) is 48.5 Å². The van der Waals surface area contributed by atoms with Gasteiger partial charge in [0.15, 0.2) is 0 Å².